The Morgan fingerprint density at radius 3 is 2.50 bits per heavy atom. The number of carbonyl (C=O) groups is 1. The molecule has 0 spiro atoms. The summed E-state index contributed by atoms with van der Waals surface area (Å²) in [6.45, 7) is 2.75. The topological polar surface area (TPSA) is 29.6 Å². The second-order valence-corrected chi connectivity index (χ2v) is 4.06. The van der Waals surface area contributed by atoms with Crippen LogP contribution in [0.5, 0.6) is 0 Å². The smallest absolute Gasteiger partial charge is 0.166 e. The number of hydrogen-bond donors (Lipinski definition) is 0. The van der Waals surface area contributed by atoms with Gasteiger partial charge in [-0.2, -0.15) is 0 Å². The fourth-order valence-electron chi connectivity index (χ4n) is 2.20. The molecule has 2 atom stereocenters. The monoisotopic (exact) mass is 168 g/mol. The molecule has 0 radical (unpaired) electrons. The van der Waals surface area contributed by atoms with Crippen LogP contribution in [0.25, 0.3) is 0 Å². The van der Waals surface area contributed by atoms with Crippen molar-refractivity contribution < 1.29 is 9.53 Å². The standard InChI is InChI=1S/C10H16O2/c1-7(8-4-2-3-5-8)10(11)9-6-12-9/h7-9H,2-6H2,1H3/t7-,9+/m0/s1. The average Bonchev–Trinajstić information content (AvgIpc) is 2.79. The van der Waals surface area contributed by atoms with Crippen molar-refractivity contribution in [2.24, 2.45) is 11.8 Å². The van der Waals surface area contributed by atoms with Crippen molar-refractivity contribution >= 4 is 5.78 Å². The molecule has 0 aromatic carbocycles. The van der Waals surface area contributed by atoms with Gasteiger partial charge in [-0.1, -0.05) is 19.8 Å². The molecule has 0 unspecified atom stereocenters. The minimum Gasteiger partial charge on any atom is -0.365 e. The maximum Gasteiger partial charge on any atom is 0.166 e. The summed E-state index contributed by atoms with van der Waals surface area (Å²) in [5, 5.41) is 0. The lowest BCUT2D eigenvalue weighted by Gasteiger charge is -2.15. The Kier molecular flexibility index (Phi) is 2.18. The molecule has 0 amide bonds. The Bertz CT molecular complexity index is 178. The lowest BCUT2D eigenvalue weighted by molar-refractivity contribution is -0.125. The van der Waals surface area contributed by atoms with Crippen molar-refractivity contribution in [3.05, 3.63) is 0 Å². The van der Waals surface area contributed by atoms with Gasteiger partial charge in [-0.3, -0.25) is 4.79 Å². The molecule has 0 aromatic heterocycles. The highest BCUT2D eigenvalue weighted by molar-refractivity contribution is 5.87. The van der Waals surface area contributed by atoms with Crippen molar-refractivity contribution in [1.82, 2.24) is 0 Å². The quantitative estimate of drug-likeness (QED) is 0.601. The molecule has 1 aliphatic carbocycles. The summed E-state index contributed by atoms with van der Waals surface area (Å²) in [5.41, 5.74) is 0. The molecule has 2 fully saturated rings. The van der Waals surface area contributed by atoms with Gasteiger partial charge in [0.1, 0.15) is 6.10 Å². The number of rotatable bonds is 3. The van der Waals surface area contributed by atoms with Gasteiger partial charge in [-0.05, 0) is 18.8 Å². The fourth-order valence-corrected chi connectivity index (χ4v) is 2.20. The van der Waals surface area contributed by atoms with E-state index < -0.39 is 0 Å². The van der Waals surface area contributed by atoms with Crippen molar-refractivity contribution in [3.63, 3.8) is 0 Å². The molecule has 2 heteroatoms. The van der Waals surface area contributed by atoms with Gasteiger partial charge in [0.2, 0.25) is 0 Å². The minimum atomic E-state index is -0.0272. The second-order valence-electron chi connectivity index (χ2n) is 4.06. The summed E-state index contributed by atoms with van der Waals surface area (Å²) >= 11 is 0. The number of carbonyl (C=O) groups excluding carboxylic acids is 1. The van der Waals surface area contributed by atoms with Crippen LogP contribution in [0.4, 0.5) is 0 Å². The third-order valence-electron chi connectivity index (χ3n) is 3.21. The van der Waals surface area contributed by atoms with Crippen molar-refractivity contribution in [2.75, 3.05) is 6.61 Å². The van der Waals surface area contributed by atoms with Gasteiger partial charge in [0.25, 0.3) is 0 Å². The van der Waals surface area contributed by atoms with Gasteiger partial charge in [0.15, 0.2) is 5.78 Å². The Labute approximate surface area is 73.3 Å². The van der Waals surface area contributed by atoms with Crippen LogP contribution >= 0.6 is 0 Å². The number of hydrogen-bond acceptors (Lipinski definition) is 2. The van der Waals surface area contributed by atoms with E-state index in [0.29, 0.717) is 18.3 Å². The molecular weight excluding hydrogens is 152 g/mol. The minimum absolute atomic E-state index is 0.0272. The zero-order valence-corrected chi connectivity index (χ0v) is 7.58. The highest BCUT2D eigenvalue weighted by atomic mass is 16.6. The van der Waals surface area contributed by atoms with E-state index >= 15 is 0 Å². The van der Waals surface area contributed by atoms with Crippen LogP contribution in [0.1, 0.15) is 32.6 Å². The summed E-state index contributed by atoms with van der Waals surface area (Å²) in [6, 6.07) is 0. The van der Waals surface area contributed by atoms with E-state index in [0.717, 1.165) is 0 Å². The average molecular weight is 168 g/mol. The molecule has 2 nitrogen and oxygen atoms in total. The van der Waals surface area contributed by atoms with E-state index in [2.05, 4.69) is 6.92 Å². The maximum atomic E-state index is 11.6. The molecule has 1 heterocycles. The normalized spacial score (nSPS) is 31.9. The first kappa shape index (κ1) is 8.24. The molecular formula is C10H16O2. The summed E-state index contributed by atoms with van der Waals surface area (Å²) in [4.78, 5) is 11.6. The molecule has 1 saturated carbocycles. The number of epoxide rings is 1. The highest BCUT2D eigenvalue weighted by Gasteiger charge is 2.37. The molecule has 1 aliphatic heterocycles. The van der Waals surface area contributed by atoms with Gasteiger partial charge in [0, 0.05) is 5.92 Å². The lowest BCUT2D eigenvalue weighted by Crippen LogP contribution is -2.23. The van der Waals surface area contributed by atoms with Crippen LogP contribution in [0, 0.1) is 11.8 Å². The molecule has 2 rings (SSSR count). The molecule has 68 valence electrons. The first-order valence-electron chi connectivity index (χ1n) is 4.94. The maximum absolute atomic E-state index is 11.6. The third-order valence-corrected chi connectivity index (χ3v) is 3.21. The zero-order chi connectivity index (χ0) is 8.55. The zero-order valence-electron chi connectivity index (χ0n) is 7.58. The van der Waals surface area contributed by atoms with Crippen molar-refractivity contribution in [2.45, 2.75) is 38.7 Å². The Hall–Kier alpha value is -0.370. The summed E-state index contributed by atoms with van der Waals surface area (Å²) < 4.78 is 5.00. The molecule has 0 N–H and O–H groups in total. The Morgan fingerprint density at radius 2 is 2.00 bits per heavy atom. The van der Waals surface area contributed by atoms with Crippen LogP contribution in [0.3, 0.4) is 0 Å². The van der Waals surface area contributed by atoms with Crippen LogP contribution in [-0.4, -0.2) is 18.5 Å². The van der Waals surface area contributed by atoms with E-state index in [-0.39, 0.29) is 12.0 Å². The SMILES string of the molecule is C[C@H](C(=O)[C@H]1CO1)C1CCCC1. The first-order chi connectivity index (χ1) is 5.79. The third kappa shape index (κ3) is 1.53. The highest BCUT2D eigenvalue weighted by Crippen LogP contribution is 2.33. The molecule has 2 aliphatic rings. The largest absolute Gasteiger partial charge is 0.365 e. The van der Waals surface area contributed by atoms with E-state index in [1.807, 2.05) is 0 Å². The van der Waals surface area contributed by atoms with E-state index in [4.69, 9.17) is 4.74 Å². The first-order valence-corrected chi connectivity index (χ1v) is 4.94. The van der Waals surface area contributed by atoms with E-state index in [9.17, 15) is 4.79 Å². The van der Waals surface area contributed by atoms with Gasteiger partial charge >= 0.3 is 0 Å². The van der Waals surface area contributed by atoms with Crippen LogP contribution in [-0.2, 0) is 9.53 Å². The fraction of sp³-hybridized carbons (Fsp3) is 0.900. The Balaban J connectivity index is 1.88. The van der Waals surface area contributed by atoms with E-state index in [1.54, 1.807) is 0 Å². The predicted octanol–water partition coefficient (Wildman–Crippen LogP) is 1.78. The predicted molar refractivity (Wildman–Crippen MR) is 45.9 cm³/mol. The van der Waals surface area contributed by atoms with Crippen molar-refractivity contribution in [1.29, 1.82) is 0 Å². The van der Waals surface area contributed by atoms with Gasteiger partial charge in [0.05, 0.1) is 6.61 Å². The molecule has 0 aromatic rings. The summed E-state index contributed by atoms with van der Waals surface area (Å²) in [5.74, 6) is 1.25. The molecule has 12 heavy (non-hydrogen) atoms. The van der Waals surface area contributed by atoms with E-state index in [1.165, 1.54) is 25.7 Å². The van der Waals surface area contributed by atoms with Crippen LogP contribution in [0.15, 0.2) is 0 Å². The number of ether oxygens (including phenoxy) is 1. The van der Waals surface area contributed by atoms with Crippen LogP contribution < -0.4 is 0 Å². The molecule has 1 saturated heterocycles. The van der Waals surface area contributed by atoms with Crippen LogP contribution in [0.2, 0.25) is 0 Å². The van der Waals surface area contributed by atoms with Gasteiger partial charge in [-0.15, -0.1) is 0 Å². The lowest BCUT2D eigenvalue weighted by atomic mass is 9.88. The molecule has 0 bridgehead atoms. The van der Waals surface area contributed by atoms with Gasteiger partial charge < -0.3 is 4.74 Å². The Morgan fingerprint density at radius 1 is 1.42 bits per heavy atom. The summed E-state index contributed by atoms with van der Waals surface area (Å²) in [6.07, 6.45) is 5.10. The van der Waals surface area contributed by atoms with Gasteiger partial charge in [-0.25, -0.2) is 0 Å². The number of Topliss-reactive ketones (excluding diaryl/α,β-unsaturated/α-hetero) is 1. The number of ketones is 1. The second kappa shape index (κ2) is 3.17. The summed E-state index contributed by atoms with van der Waals surface area (Å²) in [7, 11) is 0. The van der Waals surface area contributed by atoms with Crippen molar-refractivity contribution in [3.8, 4) is 0 Å².